The van der Waals surface area contributed by atoms with E-state index in [9.17, 15) is 0 Å². The molecule has 0 aromatic heterocycles. The van der Waals surface area contributed by atoms with Crippen LogP contribution in [0.5, 0.6) is 5.75 Å². The molecule has 0 spiro atoms. The number of anilines is 2. The molecule has 0 N–H and O–H groups in total. The highest BCUT2D eigenvalue weighted by Gasteiger charge is 2.30. The van der Waals surface area contributed by atoms with Crippen LogP contribution in [0.3, 0.4) is 0 Å². The minimum Gasteiger partial charge on any atom is -0.494 e. The summed E-state index contributed by atoms with van der Waals surface area (Å²) in [6.07, 6.45) is 9.25. The van der Waals surface area contributed by atoms with Gasteiger partial charge < -0.3 is 9.64 Å². The summed E-state index contributed by atoms with van der Waals surface area (Å²) in [6.45, 7) is 21.5. The largest absolute Gasteiger partial charge is 0.494 e. The molecule has 0 atom stereocenters. The molecule has 0 saturated heterocycles. The molecule has 246 valence electrons. The number of benzene rings is 4. The lowest BCUT2D eigenvalue weighted by Crippen LogP contribution is -2.42. The third-order valence-electron chi connectivity index (χ3n) is 10.9. The lowest BCUT2D eigenvalue weighted by atomic mass is 9.77. The van der Waals surface area contributed by atoms with Crippen molar-refractivity contribution in [1.82, 2.24) is 0 Å². The molecule has 0 radical (unpaired) electrons. The Morgan fingerprint density at radius 3 is 1.67 bits per heavy atom. The van der Waals surface area contributed by atoms with E-state index in [1.54, 1.807) is 0 Å². The topological polar surface area (TPSA) is 12.5 Å². The Morgan fingerprint density at radius 2 is 1.15 bits per heavy atom. The Labute approximate surface area is 281 Å². The molecule has 0 aliphatic heterocycles. The van der Waals surface area contributed by atoms with Crippen LogP contribution in [0.1, 0.15) is 117 Å². The van der Waals surface area contributed by atoms with E-state index in [0.717, 1.165) is 44.5 Å². The average molecular weight is 618 g/mol. The van der Waals surface area contributed by atoms with Crippen molar-refractivity contribution in [2.45, 2.75) is 125 Å². The second-order valence-corrected chi connectivity index (χ2v) is 13.8. The van der Waals surface area contributed by atoms with Crippen LogP contribution in [-0.2, 0) is 5.41 Å². The third kappa shape index (κ3) is 7.88. The predicted octanol–water partition coefficient (Wildman–Crippen LogP) is 13.4. The minimum absolute atomic E-state index is 0.0172. The van der Waals surface area contributed by atoms with Gasteiger partial charge in [0.1, 0.15) is 5.75 Å². The van der Waals surface area contributed by atoms with Gasteiger partial charge in [0.15, 0.2) is 0 Å². The van der Waals surface area contributed by atoms with Gasteiger partial charge in [-0.25, -0.2) is 0 Å². The minimum atomic E-state index is -0.0172. The van der Waals surface area contributed by atoms with Gasteiger partial charge in [-0.1, -0.05) is 115 Å². The molecule has 0 bridgehead atoms. The lowest BCUT2D eigenvalue weighted by molar-refractivity contribution is 0.305. The van der Waals surface area contributed by atoms with Gasteiger partial charge in [0, 0.05) is 23.0 Å². The highest BCUT2D eigenvalue weighted by Crippen LogP contribution is 2.40. The van der Waals surface area contributed by atoms with Crippen molar-refractivity contribution in [3.05, 3.63) is 102 Å². The smallest absolute Gasteiger partial charge is 0.121 e. The Bertz CT molecular complexity index is 1520. The highest BCUT2D eigenvalue weighted by molar-refractivity contribution is 5.78. The van der Waals surface area contributed by atoms with Crippen molar-refractivity contribution >= 4 is 11.4 Å². The van der Waals surface area contributed by atoms with Gasteiger partial charge in [0.2, 0.25) is 0 Å². The fourth-order valence-corrected chi connectivity index (χ4v) is 6.71. The molecular formula is C44H59NO. The molecule has 0 amide bonds. The highest BCUT2D eigenvalue weighted by atomic mass is 16.5. The summed E-state index contributed by atoms with van der Waals surface area (Å²) in [6, 6.07) is 31.9. The Morgan fingerprint density at radius 1 is 0.587 bits per heavy atom. The van der Waals surface area contributed by atoms with Crippen molar-refractivity contribution in [3.8, 4) is 28.0 Å². The van der Waals surface area contributed by atoms with Crippen LogP contribution in [0.4, 0.5) is 11.4 Å². The molecule has 0 unspecified atom stereocenters. The fraction of sp³-hybridized carbons (Fsp3) is 0.455. The molecule has 0 aliphatic rings. The molecule has 0 fully saturated rings. The number of aryl methyl sites for hydroxylation is 2. The van der Waals surface area contributed by atoms with E-state index in [1.165, 1.54) is 69.6 Å². The van der Waals surface area contributed by atoms with E-state index in [0.29, 0.717) is 0 Å². The van der Waals surface area contributed by atoms with Gasteiger partial charge in [-0.05, 0) is 121 Å². The Kier molecular flexibility index (Phi) is 12.2. The normalized spacial score (nSPS) is 11.9. The quantitative estimate of drug-likeness (QED) is 0.116. The summed E-state index contributed by atoms with van der Waals surface area (Å²) in [5.41, 5.74) is 11.8. The molecule has 4 aromatic carbocycles. The zero-order valence-electron chi connectivity index (χ0n) is 30.3. The lowest BCUT2D eigenvalue weighted by Gasteiger charge is -2.42. The molecule has 4 rings (SSSR count). The Balaban J connectivity index is 1.62. The zero-order valence-corrected chi connectivity index (χ0v) is 30.3. The maximum Gasteiger partial charge on any atom is 0.121 e. The van der Waals surface area contributed by atoms with E-state index in [2.05, 4.69) is 152 Å². The first kappa shape index (κ1) is 35.3. The fourth-order valence-electron chi connectivity index (χ4n) is 6.71. The SMILES string of the molecule is CCCCCCOc1cccc(N(c2ccc(-c3cc(C)c(-c4ccc(C(C)(CC)CC)cc4)cc3C)cc2)C(C)(CC)CC)c1. The zero-order chi connectivity index (χ0) is 33.3. The number of nitrogens with zero attached hydrogens (tertiary/aromatic N) is 1. The van der Waals surface area contributed by atoms with Gasteiger partial charge in [-0.3, -0.25) is 0 Å². The van der Waals surface area contributed by atoms with Crippen molar-refractivity contribution in [2.24, 2.45) is 0 Å². The van der Waals surface area contributed by atoms with Crippen molar-refractivity contribution in [2.75, 3.05) is 11.5 Å². The average Bonchev–Trinajstić information content (AvgIpc) is 3.09. The van der Waals surface area contributed by atoms with Crippen LogP contribution < -0.4 is 9.64 Å². The summed E-state index contributed by atoms with van der Waals surface area (Å²) in [4.78, 5) is 2.52. The van der Waals surface area contributed by atoms with Gasteiger partial charge in [-0.15, -0.1) is 0 Å². The van der Waals surface area contributed by atoms with Gasteiger partial charge >= 0.3 is 0 Å². The van der Waals surface area contributed by atoms with Crippen LogP contribution in [0.15, 0.2) is 84.9 Å². The van der Waals surface area contributed by atoms with E-state index in [1.807, 2.05) is 0 Å². The van der Waals surface area contributed by atoms with E-state index < -0.39 is 0 Å². The number of rotatable bonds is 16. The summed E-state index contributed by atoms with van der Waals surface area (Å²) in [5, 5.41) is 0. The first-order chi connectivity index (χ1) is 22.1. The number of ether oxygens (including phenoxy) is 1. The second-order valence-electron chi connectivity index (χ2n) is 13.8. The second kappa shape index (κ2) is 15.9. The van der Waals surface area contributed by atoms with E-state index >= 15 is 0 Å². The predicted molar refractivity (Wildman–Crippen MR) is 202 cm³/mol. The van der Waals surface area contributed by atoms with Crippen LogP contribution in [0.2, 0.25) is 0 Å². The molecule has 0 heterocycles. The first-order valence-corrected chi connectivity index (χ1v) is 18.0. The van der Waals surface area contributed by atoms with Crippen LogP contribution in [0.25, 0.3) is 22.3 Å². The maximum atomic E-state index is 6.21. The molecule has 46 heavy (non-hydrogen) atoms. The Hall–Kier alpha value is -3.52. The van der Waals surface area contributed by atoms with Crippen molar-refractivity contribution < 1.29 is 4.74 Å². The van der Waals surface area contributed by atoms with Gasteiger partial charge in [0.05, 0.1) is 6.61 Å². The standard InChI is InChI=1S/C44H59NO/c1-10-15-16-17-29-46-40-20-18-19-39(32-40)45(44(9,13-4)14-5)38-27-23-36(24-28-38)42-31-33(6)41(30-34(42)7)35-21-25-37(26-22-35)43(8,11-2)12-3/h18-28,30-32H,10-17,29H2,1-9H3. The van der Waals surface area contributed by atoms with Crippen LogP contribution in [-0.4, -0.2) is 12.1 Å². The first-order valence-electron chi connectivity index (χ1n) is 18.0. The van der Waals surface area contributed by atoms with Crippen LogP contribution in [0, 0.1) is 13.8 Å². The molecule has 0 saturated carbocycles. The number of unbranched alkanes of at least 4 members (excludes halogenated alkanes) is 3. The molecule has 0 aliphatic carbocycles. The summed E-state index contributed by atoms with van der Waals surface area (Å²) >= 11 is 0. The summed E-state index contributed by atoms with van der Waals surface area (Å²) in [5.74, 6) is 0.954. The molecule has 4 aromatic rings. The summed E-state index contributed by atoms with van der Waals surface area (Å²) < 4.78 is 6.21. The molecule has 2 heteroatoms. The van der Waals surface area contributed by atoms with Crippen molar-refractivity contribution in [1.29, 1.82) is 0 Å². The number of hydrogen-bond acceptors (Lipinski definition) is 2. The molecule has 2 nitrogen and oxygen atoms in total. The van der Waals surface area contributed by atoms with E-state index in [4.69, 9.17) is 4.74 Å². The summed E-state index contributed by atoms with van der Waals surface area (Å²) in [7, 11) is 0. The number of hydrogen-bond donors (Lipinski definition) is 0. The molecular weight excluding hydrogens is 558 g/mol. The third-order valence-corrected chi connectivity index (χ3v) is 10.9. The van der Waals surface area contributed by atoms with Crippen LogP contribution >= 0.6 is 0 Å². The van der Waals surface area contributed by atoms with Crippen molar-refractivity contribution in [3.63, 3.8) is 0 Å². The maximum absolute atomic E-state index is 6.21. The van der Waals surface area contributed by atoms with Gasteiger partial charge in [-0.2, -0.15) is 0 Å². The van der Waals surface area contributed by atoms with E-state index in [-0.39, 0.29) is 11.0 Å². The monoisotopic (exact) mass is 617 g/mol. The van der Waals surface area contributed by atoms with Gasteiger partial charge in [0.25, 0.3) is 0 Å².